The predicted molar refractivity (Wildman–Crippen MR) is 108 cm³/mol. The summed E-state index contributed by atoms with van der Waals surface area (Å²) < 4.78 is 7.15. The number of hydrogen-bond acceptors (Lipinski definition) is 4. The Labute approximate surface area is 163 Å². The van der Waals surface area contributed by atoms with Crippen molar-refractivity contribution in [3.63, 3.8) is 0 Å². The highest BCUT2D eigenvalue weighted by atomic mass is 32.2. The number of ether oxygens (including phenoxy) is 1. The molecule has 0 bridgehead atoms. The molecule has 1 atom stereocenters. The summed E-state index contributed by atoms with van der Waals surface area (Å²) in [6, 6.07) is 15.5. The minimum Gasteiger partial charge on any atom is -0.497 e. The number of nitrogens with zero attached hydrogens (tertiary/aromatic N) is 2. The standard InChI is InChI=1S/C21H23N3O2S/c1-15-4-10-18(11-5-15)27-14-19(25)23-20(21-22-12-13-24(21)2)16-6-8-17(26-3)9-7-16/h4-13,20H,14H2,1-3H3,(H,23,25). The van der Waals surface area contributed by atoms with Gasteiger partial charge in [0, 0.05) is 24.3 Å². The molecule has 1 unspecified atom stereocenters. The zero-order chi connectivity index (χ0) is 19.2. The molecule has 0 radical (unpaired) electrons. The maximum atomic E-state index is 12.6. The van der Waals surface area contributed by atoms with Crippen LogP contribution in [0.15, 0.2) is 65.8 Å². The molecule has 6 heteroatoms. The summed E-state index contributed by atoms with van der Waals surface area (Å²) in [6.07, 6.45) is 3.61. The Morgan fingerprint density at radius 1 is 1.19 bits per heavy atom. The van der Waals surface area contributed by atoms with Crippen molar-refractivity contribution in [2.45, 2.75) is 17.9 Å². The highest BCUT2D eigenvalue weighted by Gasteiger charge is 2.20. The maximum Gasteiger partial charge on any atom is 0.231 e. The molecule has 5 nitrogen and oxygen atoms in total. The van der Waals surface area contributed by atoms with Crippen LogP contribution in [0.1, 0.15) is 23.0 Å². The van der Waals surface area contributed by atoms with Crippen molar-refractivity contribution in [1.29, 1.82) is 0 Å². The molecule has 1 amide bonds. The van der Waals surface area contributed by atoms with Crippen LogP contribution in [0.5, 0.6) is 5.75 Å². The zero-order valence-electron chi connectivity index (χ0n) is 15.7. The monoisotopic (exact) mass is 381 g/mol. The number of rotatable bonds is 7. The van der Waals surface area contributed by atoms with E-state index in [1.54, 1.807) is 13.3 Å². The van der Waals surface area contributed by atoms with Gasteiger partial charge in [0.05, 0.1) is 12.9 Å². The van der Waals surface area contributed by atoms with Gasteiger partial charge in [-0.25, -0.2) is 4.98 Å². The van der Waals surface area contributed by atoms with Crippen LogP contribution < -0.4 is 10.1 Å². The van der Waals surface area contributed by atoms with E-state index in [2.05, 4.69) is 10.3 Å². The molecule has 1 aromatic heterocycles. The van der Waals surface area contributed by atoms with Gasteiger partial charge in [0.2, 0.25) is 5.91 Å². The van der Waals surface area contributed by atoms with Crippen molar-refractivity contribution in [1.82, 2.24) is 14.9 Å². The largest absolute Gasteiger partial charge is 0.497 e. The Morgan fingerprint density at radius 3 is 2.48 bits per heavy atom. The van der Waals surface area contributed by atoms with Crippen LogP contribution in [0.4, 0.5) is 0 Å². The summed E-state index contributed by atoms with van der Waals surface area (Å²) in [5, 5.41) is 3.11. The average Bonchev–Trinajstić information content (AvgIpc) is 3.11. The van der Waals surface area contributed by atoms with Crippen LogP contribution in [0.25, 0.3) is 0 Å². The molecular formula is C21H23N3O2S. The van der Waals surface area contributed by atoms with E-state index < -0.39 is 0 Å². The molecule has 3 rings (SSSR count). The summed E-state index contributed by atoms with van der Waals surface area (Å²) >= 11 is 1.52. The van der Waals surface area contributed by atoms with Gasteiger partial charge in [0.15, 0.2) is 0 Å². The van der Waals surface area contributed by atoms with Crippen molar-refractivity contribution >= 4 is 17.7 Å². The summed E-state index contributed by atoms with van der Waals surface area (Å²) in [4.78, 5) is 18.1. The summed E-state index contributed by atoms with van der Waals surface area (Å²) in [6.45, 7) is 2.05. The SMILES string of the molecule is COc1ccc(C(NC(=O)CSc2ccc(C)cc2)c2nccn2C)cc1. The molecule has 0 spiro atoms. The fraction of sp³-hybridized carbons (Fsp3) is 0.238. The van der Waals surface area contributed by atoms with E-state index in [0.717, 1.165) is 22.0 Å². The van der Waals surface area contributed by atoms with Crippen LogP contribution in [0, 0.1) is 6.92 Å². The van der Waals surface area contributed by atoms with Gasteiger partial charge in [-0.05, 0) is 36.8 Å². The minimum absolute atomic E-state index is 0.0376. The number of amides is 1. The summed E-state index contributed by atoms with van der Waals surface area (Å²) in [7, 11) is 3.56. The van der Waals surface area contributed by atoms with Gasteiger partial charge in [0.1, 0.15) is 17.6 Å². The van der Waals surface area contributed by atoms with Crippen molar-refractivity contribution in [2.75, 3.05) is 12.9 Å². The normalized spacial score (nSPS) is 11.8. The topological polar surface area (TPSA) is 56.1 Å². The van der Waals surface area contributed by atoms with Crippen LogP contribution in [-0.4, -0.2) is 28.3 Å². The molecule has 0 saturated heterocycles. The lowest BCUT2D eigenvalue weighted by molar-refractivity contribution is -0.119. The third-order valence-electron chi connectivity index (χ3n) is 4.26. The molecular weight excluding hydrogens is 358 g/mol. The number of benzene rings is 2. The molecule has 0 aliphatic rings. The van der Waals surface area contributed by atoms with E-state index in [-0.39, 0.29) is 11.9 Å². The van der Waals surface area contributed by atoms with Gasteiger partial charge in [0.25, 0.3) is 0 Å². The highest BCUT2D eigenvalue weighted by Crippen LogP contribution is 2.24. The first kappa shape index (κ1) is 19.0. The second kappa shape index (κ2) is 8.77. The first-order chi connectivity index (χ1) is 13.1. The van der Waals surface area contributed by atoms with E-state index in [9.17, 15) is 4.79 Å². The van der Waals surface area contributed by atoms with Gasteiger partial charge in [-0.1, -0.05) is 29.8 Å². The lowest BCUT2D eigenvalue weighted by Gasteiger charge is -2.19. The van der Waals surface area contributed by atoms with Crippen LogP contribution in [0.3, 0.4) is 0 Å². The third kappa shape index (κ3) is 4.92. The second-order valence-corrected chi connectivity index (χ2v) is 7.32. The van der Waals surface area contributed by atoms with Crippen molar-refractivity contribution < 1.29 is 9.53 Å². The van der Waals surface area contributed by atoms with Crippen molar-refractivity contribution in [2.24, 2.45) is 7.05 Å². The summed E-state index contributed by atoms with van der Waals surface area (Å²) in [5.74, 6) is 1.87. The Kier molecular flexibility index (Phi) is 6.19. The number of imidazole rings is 1. The molecule has 0 aliphatic heterocycles. The van der Waals surface area contributed by atoms with Crippen LogP contribution >= 0.6 is 11.8 Å². The van der Waals surface area contributed by atoms with E-state index in [4.69, 9.17) is 4.74 Å². The lowest BCUT2D eigenvalue weighted by atomic mass is 10.1. The number of carbonyl (C=O) groups is 1. The van der Waals surface area contributed by atoms with E-state index in [0.29, 0.717) is 5.75 Å². The molecule has 0 fully saturated rings. The zero-order valence-corrected chi connectivity index (χ0v) is 16.5. The van der Waals surface area contributed by atoms with Gasteiger partial charge < -0.3 is 14.6 Å². The van der Waals surface area contributed by atoms with Gasteiger partial charge >= 0.3 is 0 Å². The first-order valence-corrected chi connectivity index (χ1v) is 9.65. The fourth-order valence-electron chi connectivity index (χ4n) is 2.73. The quantitative estimate of drug-likeness (QED) is 0.634. The van der Waals surface area contributed by atoms with Crippen LogP contribution in [0.2, 0.25) is 0 Å². The van der Waals surface area contributed by atoms with Gasteiger partial charge in [-0.2, -0.15) is 0 Å². The minimum atomic E-state index is -0.318. The highest BCUT2D eigenvalue weighted by molar-refractivity contribution is 8.00. The molecule has 0 aliphatic carbocycles. The Bertz CT molecular complexity index is 889. The Balaban J connectivity index is 1.73. The summed E-state index contributed by atoms with van der Waals surface area (Å²) in [5.41, 5.74) is 2.16. The van der Waals surface area contributed by atoms with E-state index in [1.165, 1.54) is 17.3 Å². The molecule has 0 saturated carbocycles. The van der Waals surface area contributed by atoms with Crippen molar-refractivity contribution in [3.8, 4) is 5.75 Å². The number of thioether (sulfide) groups is 1. The van der Waals surface area contributed by atoms with E-state index in [1.807, 2.05) is 73.3 Å². The smallest absolute Gasteiger partial charge is 0.231 e. The van der Waals surface area contributed by atoms with Gasteiger partial charge in [-0.3, -0.25) is 4.79 Å². The number of carbonyl (C=O) groups excluding carboxylic acids is 1. The first-order valence-electron chi connectivity index (χ1n) is 8.67. The van der Waals surface area contributed by atoms with E-state index >= 15 is 0 Å². The number of methoxy groups -OCH3 is 1. The number of aryl methyl sites for hydroxylation is 2. The average molecular weight is 382 g/mol. The number of hydrogen-bond donors (Lipinski definition) is 1. The molecule has 1 heterocycles. The third-order valence-corrected chi connectivity index (χ3v) is 5.27. The Hall–Kier alpha value is -2.73. The van der Waals surface area contributed by atoms with Crippen LogP contribution in [-0.2, 0) is 11.8 Å². The van der Waals surface area contributed by atoms with Gasteiger partial charge in [-0.15, -0.1) is 11.8 Å². The molecule has 140 valence electrons. The second-order valence-electron chi connectivity index (χ2n) is 6.27. The number of nitrogens with one attached hydrogen (secondary N) is 1. The molecule has 27 heavy (non-hydrogen) atoms. The molecule has 2 aromatic carbocycles. The Morgan fingerprint density at radius 2 is 1.89 bits per heavy atom. The fourth-order valence-corrected chi connectivity index (χ4v) is 3.44. The molecule has 1 N–H and O–H groups in total. The lowest BCUT2D eigenvalue weighted by Crippen LogP contribution is -2.32. The molecule has 3 aromatic rings. The van der Waals surface area contributed by atoms with Crippen molar-refractivity contribution in [3.05, 3.63) is 77.9 Å². The number of aromatic nitrogens is 2. The maximum absolute atomic E-state index is 12.6. The predicted octanol–water partition coefficient (Wildman–Crippen LogP) is 3.74.